The van der Waals surface area contributed by atoms with E-state index in [9.17, 15) is 4.79 Å². The summed E-state index contributed by atoms with van der Waals surface area (Å²) in [6.45, 7) is 9.72. The van der Waals surface area contributed by atoms with Crippen LogP contribution in [0.1, 0.15) is 31.8 Å². The van der Waals surface area contributed by atoms with Gasteiger partial charge < -0.3 is 15.0 Å². The number of amides is 1. The Morgan fingerprint density at radius 1 is 1.33 bits per heavy atom. The number of hydrogen-bond donors (Lipinski definition) is 1. The Hall–Kier alpha value is -1.69. The van der Waals surface area contributed by atoms with Crippen molar-refractivity contribution in [3.63, 3.8) is 0 Å². The third-order valence-corrected chi connectivity index (χ3v) is 3.38. The lowest BCUT2D eigenvalue weighted by molar-refractivity contribution is -0.142. The number of ether oxygens (including phenoxy) is 1. The van der Waals surface area contributed by atoms with Gasteiger partial charge in [-0.3, -0.25) is 4.79 Å². The number of nitrogens with zero attached hydrogens (tertiary/aromatic N) is 3. The monoisotopic (exact) mass is 292 g/mol. The van der Waals surface area contributed by atoms with Gasteiger partial charge in [-0.05, 0) is 27.7 Å². The number of carbonyl (C=O) groups is 1. The van der Waals surface area contributed by atoms with Crippen molar-refractivity contribution >= 4 is 11.7 Å². The summed E-state index contributed by atoms with van der Waals surface area (Å²) in [5, 5.41) is 3.19. The molecule has 0 aliphatic carbocycles. The van der Waals surface area contributed by atoms with E-state index in [1.807, 2.05) is 38.7 Å². The molecule has 1 aliphatic heterocycles. The molecule has 1 N–H and O–H groups in total. The summed E-state index contributed by atoms with van der Waals surface area (Å²) in [6.07, 6.45) is 0.678. The maximum absolute atomic E-state index is 12.2. The van der Waals surface area contributed by atoms with Gasteiger partial charge in [0.1, 0.15) is 11.6 Å². The zero-order valence-corrected chi connectivity index (χ0v) is 13.2. The van der Waals surface area contributed by atoms with Crippen molar-refractivity contribution in [2.75, 3.05) is 25.0 Å². The molecule has 21 heavy (non-hydrogen) atoms. The lowest BCUT2D eigenvalue weighted by atomic mass is 10.2. The standard InChI is InChI=1S/C15H24N4O2/c1-10-7-14(18-13(4)17-10)16-6-5-15(20)19-8-11(2)21-12(3)9-19/h7,11-12H,5-6,8-9H2,1-4H3,(H,16,17,18)/t11-,12+. The second kappa shape index (κ2) is 6.85. The molecule has 1 aromatic rings. The molecule has 116 valence electrons. The molecular formula is C15H24N4O2. The Bertz CT molecular complexity index is 476. The van der Waals surface area contributed by atoms with E-state index in [1.54, 1.807) is 0 Å². The van der Waals surface area contributed by atoms with Crippen molar-refractivity contribution in [1.29, 1.82) is 0 Å². The largest absolute Gasteiger partial charge is 0.372 e. The fourth-order valence-electron chi connectivity index (χ4n) is 2.64. The van der Waals surface area contributed by atoms with Crippen LogP contribution in [-0.2, 0) is 9.53 Å². The maximum Gasteiger partial charge on any atom is 0.224 e. The summed E-state index contributed by atoms with van der Waals surface area (Å²) >= 11 is 0. The number of rotatable bonds is 4. The summed E-state index contributed by atoms with van der Waals surface area (Å²) in [7, 11) is 0. The first kappa shape index (κ1) is 15.7. The number of morpholine rings is 1. The zero-order valence-electron chi connectivity index (χ0n) is 13.2. The smallest absolute Gasteiger partial charge is 0.224 e. The first-order valence-corrected chi connectivity index (χ1v) is 7.43. The number of carbonyl (C=O) groups excluding carboxylic acids is 1. The SMILES string of the molecule is Cc1cc(NCCC(=O)N2C[C@@H](C)O[C@@H](C)C2)nc(C)n1. The molecule has 2 heterocycles. The molecule has 0 bridgehead atoms. The first-order valence-electron chi connectivity index (χ1n) is 7.43. The van der Waals surface area contributed by atoms with E-state index in [-0.39, 0.29) is 18.1 Å². The van der Waals surface area contributed by atoms with Crippen molar-refractivity contribution in [1.82, 2.24) is 14.9 Å². The van der Waals surface area contributed by atoms with Gasteiger partial charge in [-0.1, -0.05) is 0 Å². The Morgan fingerprint density at radius 3 is 2.62 bits per heavy atom. The molecule has 1 saturated heterocycles. The van der Waals surface area contributed by atoms with Crippen LogP contribution in [-0.4, -0.2) is 52.6 Å². The molecule has 1 fully saturated rings. The van der Waals surface area contributed by atoms with E-state index < -0.39 is 0 Å². The van der Waals surface area contributed by atoms with Gasteiger partial charge in [0.2, 0.25) is 5.91 Å². The molecule has 0 aromatic carbocycles. The fraction of sp³-hybridized carbons (Fsp3) is 0.667. The summed E-state index contributed by atoms with van der Waals surface area (Å²) in [5.74, 6) is 1.67. The molecule has 0 unspecified atom stereocenters. The summed E-state index contributed by atoms with van der Waals surface area (Å²) in [6, 6.07) is 1.89. The summed E-state index contributed by atoms with van der Waals surface area (Å²) in [4.78, 5) is 22.6. The molecule has 0 radical (unpaired) electrons. The molecule has 6 nitrogen and oxygen atoms in total. The van der Waals surface area contributed by atoms with Crippen molar-refractivity contribution in [2.45, 2.75) is 46.3 Å². The fourth-order valence-corrected chi connectivity index (χ4v) is 2.64. The second-order valence-corrected chi connectivity index (χ2v) is 5.67. The van der Waals surface area contributed by atoms with Gasteiger partial charge in [0.05, 0.1) is 12.2 Å². The van der Waals surface area contributed by atoms with E-state index in [4.69, 9.17) is 4.74 Å². The van der Waals surface area contributed by atoms with Crippen LogP contribution in [0.2, 0.25) is 0 Å². The van der Waals surface area contributed by atoms with E-state index in [0.717, 1.165) is 17.3 Å². The van der Waals surface area contributed by atoms with Crippen LogP contribution in [0.3, 0.4) is 0 Å². The molecular weight excluding hydrogens is 268 g/mol. The Balaban J connectivity index is 1.81. The van der Waals surface area contributed by atoms with Crippen LogP contribution < -0.4 is 5.32 Å². The van der Waals surface area contributed by atoms with Crippen LogP contribution in [0.5, 0.6) is 0 Å². The quantitative estimate of drug-likeness (QED) is 0.911. The van der Waals surface area contributed by atoms with Gasteiger partial charge in [0.25, 0.3) is 0 Å². The van der Waals surface area contributed by atoms with Crippen molar-refractivity contribution < 1.29 is 9.53 Å². The minimum absolute atomic E-state index is 0.109. The zero-order chi connectivity index (χ0) is 15.4. The van der Waals surface area contributed by atoms with Gasteiger partial charge in [-0.2, -0.15) is 0 Å². The Kier molecular flexibility index (Phi) is 5.12. The number of aryl methyl sites for hydroxylation is 2. The summed E-state index contributed by atoms with van der Waals surface area (Å²) < 4.78 is 5.64. The van der Waals surface area contributed by atoms with Gasteiger partial charge in [0.15, 0.2) is 0 Å². The predicted octanol–water partition coefficient (Wildman–Crippen LogP) is 1.53. The van der Waals surface area contributed by atoms with Crippen LogP contribution in [0.4, 0.5) is 5.82 Å². The maximum atomic E-state index is 12.2. The third-order valence-electron chi connectivity index (χ3n) is 3.38. The van der Waals surface area contributed by atoms with Crippen molar-refractivity contribution in [2.24, 2.45) is 0 Å². The molecule has 1 aliphatic rings. The average molecular weight is 292 g/mol. The van der Waals surface area contributed by atoms with Gasteiger partial charge in [-0.15, -0.1) is 0 Å². The lowest BCUT2D eigenvalue weighted by Gasteiger charge is -2.35. The van der Waals surface area contributed by atoms with Gasteiger partial charge in [0, 0.05) is 37.8 Å². The Labute approximate surface area is 125 Å². The van der Waals surface area contributed by atoms with Crippen LogP contribution in [0.25, 0.3) is 0 Å². The van der Waals surface area contributed by atoms with E-state index >= 15 is 0 Å². The topological polar surface area (TPSA) is 67.4 Å². The lowest BCUT2D eigenvalue weighted by Crippen LogP contribution is -2.48. The minimum Gasteiger partial charge on any atom is -0.372 e. The van der Waals surface area contributed by atoms with Crippen LogP contribution in [0, 0.1) is 13.8 Å². The van der Waals surface area contributed by atoms with Crippen molar-refractivity contribution in [3.8, 4) is 0 Å². The molecule has 2 atom stereocenters. The Morgan fingerprint density at radius 2 is 2.00 bits per heavy atom. The normalized spacial score (nSPS) is 22.2. The van der Waals surface area contributed by atoms with E-state index in [1.165, 1.54) is 0 Å². The number of nitrogens with one attached hydrogen (secondary N) is 1. The molecule has 1 amide bonds. The highest BCUT2D eigenvalue weighted by Gasteiger charge is 2.25. The second-order valence-electron chi connectivity index (χ2n) is 5.67. The highest BCUT2D eigenvalue weighted by molar-refractivity contribution is 5.76. The van der Waals surface area contributed by atoms with E-state index in [0.29, 0.717) is 26.1 Å². The van der Waals surface area contributed by atoms with Gasteiger partial charge in [-0.25, -0.2) is 9.97 Å². The first-order chi connectivity index (χ1) is 9.94. The predicted molar refractivity (Wildman–Crippen MR) is 81.2 cm³/mol. The van der Waals surface area contributed by atoms with E-state index in [2.05, 4.69) is 15.3 Å². The van der Waals surface area contributed by atoms with Crippen LogP contribution in [0.15, 0.2) is 6.07 Å². The highest BCUT2D eigenvalue weighted by Crippen LogP contribution is 2.12. The van der Waals surface area contributed by atoms with Crippen LogP contribution >= 0.6 is 0 Å². The highest BCUT2D eigenvalue weighted by atomic mass is 16.5. The van der Waals surface area contributed by atoms with Crippen molar-refractivity contribution in [3.05, 3.63) is 17.6 Å². The molecule has 6 heteroatoms. The molecule has 0 saturated carbocycles. The number of aromatic nitrogens is 2. The summed E-state index contributed by atoms with van der Waals surface area (Å²) in [5.41, 5.74) is 0.923. The molecule has 0 spiro atoms. The third kappa shape index (κ3) is 4.67. The average Bonchev–Trinajstić information content (AvgIpc) is 2.36. The number of anilines is 1. The molecule has 1 aromatic heterocycles. The minimum atomic E-state index is 0.109. The number of hydrogen-bond acceptors (Lipinski definition) is 5. The molecule has 2 rings (SSSR count). The van der Waals surface area contributed by atoms with Gasteiger partial charge >= 0.3 is 0 Å².